The molecule has 0 aliphatic rings. The summed E-state index contributed by atoms with van der Waals surface area (Å²) in [6, 6.07) is 9.64. The number of hydrogen-bond donors (Lipinski definition) is 2. The van der Waals surface area contributed by atoms with E-state index >= 15 is 0 Å². The third-order valence-electron chi connectivity index (χ3n) is 4.37. The Hall–Kier alpha value is -4.08. The second-order valence-electron chi connectivity index (χ2n) is 6.75. The lowest BCUT2D eigenvalue weighted by molar-refractivity contribution is -0.384. The largest absolute Gasteiger partial charge is 0.305 e. The fourth-order valence-electron chi connectivity index (χ4n) is 2.95. The molecular formula is C19H17N7O3. The molecule has 4 aromatic rings. The number of carbonyl (C=O) groups excluding carboxylic acids is 1. The number of rotatable bonds is 5. The minimum absolute atomic E-state index is 0.0241. The van der Waals surface area contributed by atoms with Gasteiger partial charge in [0.2, 0.25) is 0 Å². The van der Waals surface area contributed by atoms with E-state index in [-0.39, 0.29) is 17.6 Å². The van der Waals surface area contributed by atoms with E-state index in [0.29, 0.717) is 28.3 Å². The van der Waals surface area contributed by atoms with Crippen LogP contribution in [0.4, 0.5) is 11.5 Å². The van der Waals surface area contributed by atoms with Gasteiger partial charge in [0, 0.05) is 41.4 Å². The molecule has 0 aliphatic carbocycles. The van der Waals surface area contributed by atoms with Crippen molar-refractivity contribution in [3.05, 3.63) is 64.5 Å². The summed E-state index contributed by atoms with van der Waals surface area (Å²) >= 11 is 0. The normalized spacial score (nSPS) is 11.1. The Balaban J connectivity index is 1.54. The summed E-state index contributed by atoms with van der Waals surface area (Å²) in [6.45, 7) is 4.01. The molecule has 1 aromatic carbocycles. The highest BCUT2D eigenvalue weighted by Gasteiger charge is 2.14. The summed E-state index contributed by atoms with van der Waals surface area (Å²) in [5.74, 6) is -0.0664. The molecule has 0 saturated heterocycles. The van der Waals surface area contributed by atoms with Gasteiger partial charge in [0.15, 0.2) is 11.5 Å². The van der Waals surface area contributed by atoms with E-state index in [9.17, 15) is 14.9 Å². The highest BCUT2D eigenvalue weighted by molar-refractivity contribution is 6.05. The number of nitrogens with zero attached hydrogens (tertiary/aromatic N) is 5. The van der Waals surface area contributed by atoms with Gasteiger partial charge in [-0.1, -0.05) is 12.1 Å². The van der Waals surface area contributed by atoms with Crippen molar-refractivity contribution in [2.75, 3.05) is 5.32 Å². The number of nitro benzene ring substituents is 1. The number of nitrogens with one attached hydrogen (secondary N) is 2. The quantitative estimate of drug-likeness (QED) is 0.395. The Morgan fingerprint density at radius 1 is 1.24 bits per heavy atom. The summed E-state index contributed by atoms with van der Waals surface area (Å²) in [4.78, 5) is 27.4. The van der Waals surface area contributed by atoms with Crippen molar-refractivity contribution in [1.82, 2.24) is 25.0 Å². The van der Waals surface area contributed by atoms with Gasteiger partial charge in [-0.05, 0) is 19.9 Å². The molecule has 1 amide bonds. The topological polar surface area (TPSA) is 132 Å². The third kappa shape index (κ3) is 3.55. The molecule has 0 bridgehead atoms. The predicted molar refractivity (Wildman–Crippen MR) is 107 cm³/mol. The summed E-state index contributed by atoms with van der Waals surface area (Å²) < 4.78 is 1.79. The molecule has 0 saturated carbocycles. The predicted octanol–water partition coefficient (Wildman–Crippen LogP) is 3.56. The average molecular weight is 391 g/mol. The first-order valence-electron chi connectivity index (χ1n) is 8.87. The molecule has 3 heterocycles. The Bertz CT molecular complexity index is 1230. The minimum Gasteiger partial charge on any atom is -0.305 e. The van der Waals surface area contributed by atoms with Crippen LogP contribution in [0.2, 0.25) is 0 Å². The van der Waals surface area contributed by atoms with E-state index in [1.54, 1.807) is 35.1 Å². The maximum atomic E-state index is 12.6. The van der Waals surface area contributed by atoms with Crippen molar-refractivity contribution >= 4 is 28.4 Å². The van der Waals surface area contributed by atoms with Crippen LogP contribution >= 0.6 is 0 Å². The second-order valence-corrected chi connectivity index (χ2v) is 6.75. The monoisotopic (exact) mass is 391 g/mol. The molecule has 0 unspecified atom stereocenters. The number of aromatic nitrogens is 5. The van der Waals surface area contributed by atoms with Crippen molar-refractivity contribution in [2.45, 2.75) is 19.9 Å². The van der Waals surface area contributed by atoms with E-state index in [4.69, 9.17) is 0 Å². The molecule has 29 heavy (non-hydrogen) atoms. The van der Waals surface area contributed by atoms with E-state index in [1.165, 1.54) is 18.3 Å². The van der Waals surface area contributed by atoms with Gasteiger partial charge in [-0.15, -0.1) is 0 Å². The number of carbonyl (C=O) groups is 1. The average Bonchev–Trinajstić information content (AvgIpc) is 3.34. The van der Waals surface area contributed by atoms with Crippen LogP contribution in [0.1, 0.15) is 30.2 Å². The SMILES string of the molecule is CC(C)n1ncc2cc(C(=O)Nc3cc(-c4cccc([N+](=O)[O-])c4)[nH]n3)cnc21. The highest BCUT2D eigenvalue weighted by atomic mass is 16.6. The summed E-state index contributed by atoms with van der Waals surface area (Å²) in [6.07, 6.45) is 3.17. The summed E-state index contributed by atoms with van der Waals surface area (Å²) in [7, 11) is 0. The first kappa shape index (κ1) is 18.3. The molecule has 3 aromatic heterocycles. The van der Waals surface area contributed by atoms with Crippen LogP contribution in [0.25, 0.3) is 22.3 Å². The lowest BCUT2D eigenvalue weighted by Crippen LogP contribution is -2.12. The smallest absolute Gasteiger partial charge is 0.270 e. The lowest BCUT2D eigenvalue weighted by Gasteiger charge is -2.06. The number of aromatic amines is 1. The number of H-pyrrole nitrogens is 1. The molecule has 4 rings (SSSR count). The highest BCUT2D eigenvalue weighted by Crippen LogP contribution is 2.24. The standard InChI is InChI=1S/C19H17N7O3/c1-11(2)25-18-13(10-21-25)6-14(9-20-18)19(27)22-17-8-16(23-24-17)12-4-3-5-15(7-12)26(28)29/h3-11H,1-2H3,(H2,22,23,24,27). The Morgan fingerprint density at radius 2 is 2.07 bits per heavy atom. The van der Waals surface area contributed by atoms with E-state index in [0.717, 1.165) is 5.39 Å². The van der Waals surface area contributed by atoms with Crippen LogP contribution in [0, 0.1) is 10.1 Å². The van der Waals surface area contributed by atoms with Crippen molar-refractivity contribution in [1.29, 1.82) is 0 Å². The van der Waals surface area contributed by atoms with Gasteiger partial charge >= 0.3 is 0 Å². The molecule has 10 nitrogen and oxygen atoms in total. The zero-order valence-electron chi connectivity index (χ0n) is 15.7. The van der Waals surface area contributed by atoms with Gasteiger partial charge in [-0.2, -0.15) is 10.2 Å². The van der Waals surface area contributed by atoms with Crippen molar-refractivity contribution in [2.24, 2.45) is 0 Å². The van der Waals surface area contributed by atoms with Gasteiger partial charge < -0.3 is 5.32 Å². The van der Waals surface area contributed by atoms with Crippen LogP contribution in [-0.4, -0.2) is 35.8 Å². The molecule has 0 radical (unpaired) electrons. The molecule has 0 spiro atoms. The molecule has 0 atom stereocenters. The Morgan fingerprint density at radius 3 is 2.83 bits per heavy atom. The molecule has 10 heteroatoms. The lowest BCUT2D eigenvalue weighted by atomic mass is 10.1. The number of amides is 1. The van der Waals surface area contributed by atoms with Gasteiger partial charge in [0.25, 0.3) is 11.6 Å². The van der Waals surface area contributed by atoms with Crippen LogP contribution in [-0.2, 0) is 0 Å². The number of nitro groups is 1. The van der Waals surface area contributed by atoms with E-state index < -0.39 is 4.92 Å². The van der Waals surface area contributed by atoms with Crippen LogP contribution < -0.4 is 5.32 Å². The van der Waals surface area contributed by atoms with E-state index in [1.807, 2.05) is 13.8 Å². The summed E-state index contributed by atoms with van der Waals surface area (Å²) in [5.41, 5.74) is 2.21. The first-order valence-corrected chi connectivity index (χ1v) is 8.87. The van der Waals surface area contributed by atoms with Gasteiger partial charge in [0.05, 0.1) is 22.4 Å². The van der Waals surface area contributed by atoms with Gasteiger partial charge in [0.1, 0.15) is 0 Å². The molecule has 146 valence electrons. The molecule has 0 fully saturated rings. The maximum Gasteiger partial charge on any atom is 0.270 e. The van der Waals surface area contributed by atoms with Crippen molar-refractivity contribution in [3.8, 4) is 11.3 Å². The van der Waals surface area contributed by atoms with Crippen molar-refractivity contribution in [3.63, 3.8) is 0 Å². The Labute approximate surface area is 164 Å². The molecular weight excluding hydrogens is 374 g/mol. The number of hydrogen-bond acceptors (Lipinski definition) is 6. The van der Waals surface area contributed by atoms with Crippen molar-refractivity contribution < 1.29 is 9.72 Å². The fourth-order valence-corrected chi connectivity index (χ4v) is 2.95. The van der Waals surface area contributed by atoms with Crippen LogP contribution in [0.3, 0.4) is 0 Å². The number of pyridine rings is 1. The third-order valence-corrected chi connectivity index (χ3v) is 4.37. The maximum absolute atomic E-state index is 12.6. The second kappa shape index (κ2) is 7.15. The number of anilines is 1. The zero-order chi connectivity index (χ0) is 20.5. The fraction of sp³-hybridized carbons (Fsp3) is 0.158. The Kier molecular flexibility index (Phi) is 4.51. The zero-order valence-corrected chi connectivity index (χ0v) is 15.7. The van der Waals surface area contributed by atoms with Crippen LogP contribution in [0.15, 0.2) is 48.8 Å². The van der Waals surface area contributed by atoms with Crippen LogP contribution in [0.5, 0.6) is 0 Å². The summed E-state index contributed by atoms with van der Waals surface area (Å²) in [5, 5.41) is 25.5. The molecule has 0 aliphatic heterocycles. The molecule has 2 N–H and O–H groups in total. The number of benzene rings is 1. The minimum atomic E-state index is -0.465. The van der Waals surface area contributed by atoms with E-state index in [2.05, 4.69) is 25.6 Å². The number of non-ortho nitro benzene ring substituents is 1. The number of fused-ring (bicyclic) bond motifs is 1. The van der Waals surface area contributed by atoms with Gasteiger partial charge in [-0.3, -0.25) is 20.0 Å². The first-order chi connectivity index (χ1) is 13.9. The van der Waals surface area contributed by atoms with Gasteiger partial charge in [-0.25, -0.2) is 9.67 Å².